The fraction of sp³-hybridized carbons (Fsp3) is 0.308. The highest BCUT2D eigenvalue weighted by atomic mass is 16.6. The van der Waals surface area contributed by atoms with Crippen molar-refractivity contribution in [1.82, 2.24) is 0 Å². The van der Waals surface area contributed by atoms with Crippen LogP contribution in [0.1, 0.15) is 24.8 Å². The Morgan fingerprint density at radius 3 is 2.62 bits per heavy atom. The molecule has 1 aromatic rings. The fourth-order valence-corrected chi connectivity index (χ4v) is 1.64. The maximum atomic E-state index is 10.8. The van der Waals surface area contributed by atoms with E-state index in [2.05, 4.69) is 6.58 Å². The maximum Gasteiger partial charge on any atom is 0.404 e. The number of ether oxygens (including phenoxy) is 1. The molecule has 0 aliphatic carbocycles. The SMILES string of the molecule is C=CCC(OC(N)=O)C(C)c1ccccc1. The number of hydrogen-bond donors (Lipinski definition) is 1. The van der Waals surface area contributed by atoms with Crippen molar-refractivity contribution < 1.29 is 9.53 Å². The third-order valence-corrected chi connectivity index (χ3v) is 2.55. The van der Waals surface area contributed by atoms with Crippen LogP contribution in [-0.4, -0.2) is 12.2 Å². The second-order valence-electron chi connectivity index (χ2n) is 3.70. The minimum absolute atomic E-state index is 0.103. The molecule has 1 amide bonds. The number of primary amides is 1. The van der Waals surface area contributed by atoms with Crippen LogP contribution in [0, 0.1) is 0 Å². The van der Waals surface area contributed by atoms with Gasteiger partial charge in [0, 0.05) is 12.3 Å². The number of benzene rings is 1. The van der Waals surface area contributed by atoms with Gasteiger partial charge in [-0.15, -0.1) is 6.58 Å². The summed E-state index contributed by atoms with van der Waals surface area (Å²) >= 11 is 0. The summed E-state index contributed by atoms with van der Waals surface area (Å²) < 4.78 is 5.07. The van der Waals surface area contributed by atoms with Gasteiger partial charge in [-0.2, -0.15) is 0 Å². The van der Waals surface area contributed by atoms with E-state index in [4.69, 9.17) is 10.5 Å². The zero-order chi connectivity index (χ0) is 12.0. The predicted octanol–water partition coefficient (Wildman–Crippen LogP) is 2.83. The molecule has 0 saturated carbocycles. The normalized spacial score (nSPS) is 13.8. The van der Waals surface area contributed by atoms with Gasteiger partial charge in [-0.25, -0.2) is 4.79 Å². The number of carbonyl (C=O) groups excluding carboxylic acids is 1. The van der Waals surface area contributed by atoms with E-state index < -0.39 is 6.09 Å². The fourth-order valence-electron chi connectivity index (χ4n) is 1.64. The lowest BCUT2D eigenvalue weighted by Crippen LogP contribution is -2.26. The zero-order valence-corrected chi connectivity index (χ0v) is 9.43. The number of rotatable bonds is 5. The van der Waals surface area contributed by atoms with Crippen molar-refractivity contribution in [3.8, 4) is 0 Å². The minimum Gasteiger partial charge on any atom is -0.445 e. The van der Waals surface area contributed by atoms with Gasteiger partial charge in [0.1, 0.15) is 6.10 Å². The highest BCUT2D eigenvalue weighted by Crippen LogP contribution is 2.23. The van der Waals surface area contributed by atoms with Crippen LogP contribution in [0.2, 0.25) is 0 Å². The summed E-state index contributed by atoms with van der Waals surface area (Å²) in [4.78, 5) is 10.8. The Morgan fingerprint density at radius 2 is 2.12 bits per heavy atom. The summed E-state index contributed by atoms with van der Waals surface area (Å²) in [5, 5.41) is 0. The Balaban J connectivity index is 2.77. The highest BCUT2D eigenvalue weighted by molar-refractivity contribution is 5.65. The second kappa shape index (κ2) is 5.95. The molecule has 2 unspecified atom stereocenters. The molecule has 3 nitrogen and oxygen atoms in total. The average molecular weight is 219 g/mol. The standard InChI is InChI=1S/C13H17NO2/c1-3-7-12(16-13(14)15)10(2)11-8-5-4-6-9-11/h3-6,8-10,12H,1,7H2,2H3,(H2,14,15). The van der Waals surface area contributed by atoms with Gasteiger partial charge in [-0.1, -0.05) is 43.3 Å². The molecule has 0 aromatic heterocycles. The summed E-state index contributed by atoms with van der Waals surface area (Å²) in [6.07, 6.45) is 1.33. The van der Waals surface area contributed by atoms with E-state index in [1.54, 1.807) is 6.08 Å². The van der Waals surface area contributed by atoms with Gasteiger partial charge in [-0.3, -0.25) is 0 Å². The van der Waals surface area contributed by atoms with Crippen LogP contribution < -0.4 is 5.73 Å². The highest BCUT2D eigenvalue weighted by Gasteiger charge is 2.20. The van der Waals surface area contributed by atoms with Crippen LogP contribution in [0.5, 0.6) is 0 Å². The molecule has 0 saturated heterocycles. The van der Waals surface area contributed by atoms with Crippen LogP contribution >= 0.6 is 0 Å². The Bertz CT molecular complexity index is 348. The number of carbonyl (C=O) groups is 1. The van der Waals surface area contributed by atoms with Crippen LogP contribution in [0.25, 0.3) is 0 Å². The third-order valence-electron chi connectivity index (χ3n) is 2.55. The Labute approximate surface area is 95.9 Å². The summed E-state index contributed by atoms with van der Waals surface area (Å²) in [6.45, 7) is 5.66. The van der Waals surface area contributed by atoms with E-state index in [1.165, 1.54) is 0 Å². The molecular formula is C13H17NO2. The lowest BCUT2D eigenvalue weighted by atomic mass is 9.93. The molecule has 0 bridgehead atoms. The first-order chi connectivity index (χ1) is 7.65. The summed E-state index contributed by atoms with van der Waals surface area (Å²) in [7, 11) is 0. The molecule has 0 aliphatic heterocycles. The van der Waals surface area contributed by atoms with Crippen molar-refractivity contribution in [2.45, 2.75) is 25.4 Å². The second-order valence-corrected chi connectivity index (χ2v) is 3.70. The van der Waals surface area contributed by atoms with Gasteiger partial charge in [0.2, 0.25) is 0 Å². The number of hydrogen-bond acceptors (Lipinski definition) is 2. The predicted molar refractivity (Wildman–Crippen MR) is 64.1 cm³/mol. The van der Waals surface area contributed by atoms with Crippen molar-refractivity contribution in [2.75, 3.05) is 0 Å². The maximum absolute atomic E-state index is 10.8. The Hall–Kier alpha value is -1.77. The van der Waals surface area contributed by atoms with Crippen LogP contribution in [0.15, 0.2) is 43.0 Å². The summed E-state index contributed by atoms with van der Waals surface area (Å²) in [5.41, 5.74) is 6.16. The monoisotopic (exact) mass is 219 g/mol. The van der Waals surface area contributed by atoms with E-state index >= 15 is 0 Å². The van der Waals surface area contributed by atoms with E-state index in [-0.39, 0.29) is 12.0 Å². The largest absolute Gasteiger partial charge is 0.445 e. The molecule has 3 heteroatoms. The van der Waals surface area contributed by atoms with Crippen LogP contribution in [0.4, 0.5) is 4.79 Å². The lowest BCUT2D eigenvalue weighted by molar-refractivity contribution is 0.0943. The summed E-state index contributed by atoms with van der Waals surface area (Å²) in [6, 6.07) is 9.88. The van der Waals surface area contributed by atoms with Gasteiger partial charge in [0.15, 0.2) is 0 Å². The molecule has 0 heterocycles. The zero-order valence-electron chi connectivity index (χ0n) is 9.43. The van der Waals surface area contributed by atoms with E-state index in [0.29, 0.717) is 6.42 Å². The van der Waals surface area contributed by atoms with Gasteiger partial charge < -0.3 is 10.5 Å². The van der Waals surface area contributed by atoms with E-state index in [0.717, 1.165) is 5.56 Å². The van der Waals surface area contributed by atoms with Crippen molar-refractivity contribution in [3.63, 3.8) is 0 Å². The molecule has 86 valence electrons. The van der Waals surface area contributed by atoms with Crippen molar-refractivity contribution in [2.24, 2.45) is 5.73 Å². The first-order valence-corrected chi connectivity index (χ1v) is 5.27. The van der Waals surface area contributed by atoms with Gasteiger partial charge in [0.05, 0.1) is 0 Å². The van der Waals surface area contributed by atoms with Crippen molar-refractivity contribution in [1.29, 1.82) is 0 Å². The molecule has 1 rings (SSSR count). The average Bonchev–Trinajstić information content (AvgIpc) is 2.28. The third kappa shape index (κ3) is 3.42. The molecule has 0 fully saturated rings. The molecule has 0 aliphatic rings. The Morgan fingerprint density at radius 1 is 1.50 bits per heavy atom. The van der Waals surface area contributed by atoms with Gasteiger partial charge in [-0.05, 0) is 5.56 Å². The van der Waals surface area contributed by atoms with Gasteiger partial charge >= 0.3 is 6.09 Å². The molecular weight excluding hydrogens is 202 g/mol. The lowest BCUT2D eigenvalue weighted by Gasteiger charge is -2.22. The minimum atomic E-state index is -0.741. The van der Waals surface area contributed by atoms with E-state index in [1.807, 2.05) is 37.3 Å². The molecule has 0 radical (unpaired) electrons. The first kappa shape index (κ1) is 12.3. The van der Waals surface area contributed by atoms with Crippen LogP contribution in [-0.2, 0) is 4.74 Å². The molecule has 1 aromatic carbocycles. The summed E-state index contributed by atoms with van der Waals surface area (Å²) in [5.74, 6) is 0.103. The smallest absolute Gasteiger partial charge is 0.404 e. The van der Waals surface area contributed by atoms with Gasteiger partial charge in [0.25, 0.3) is 0 Å². The Kier molecular flexibility index (Phi) is 4.58. The number of nitrogens with two attached hydrogens (primary N) is 1. The molecule has 2 atom stereocenters. The number of amides is 1. The van der Waals surface area contributed by atoms with Crippen LogP contribution in [0.3, 0.4) is 0 Å². The molecule has 2 N–H and O–H groups in total. The van der Waals surface area contributed by atoms with Crippen molar-refractivity contribution >= 4 is 6.09 Å². The quantitative estimate of drug-likeness (QED) is 0.774. The first-order valence-electron chi connectivity index (χ1n) is 5.27. The topological polar surface area (TPSA) is 52.3 Å². The van der Waals surface area contributed by atoms with E-state index in [9.17, 15) is 4.79 Å². The molecule has 0 spiro atoms. The molecule has 16 heavy (non-hydrogen) atoms. The van der Waals surface area contributed by atoms with Crippen molar-refractivity contribution in [3.05, 3.63) is 48.6 Å².